The quantitative estimate of drug-likeness (QED) is 0.823. The fourth-order valence-corrected chi connectivity index (χ4v) is 5.32. The molecule has 0 radical (unpaired) electrons. The van der Waals surface area contributed by atoms with Crippen LogP contribution in [0.4, 0.5) is 0 Å². The molecule has 1 aliphatic carbocycles. The van der Waals surface area contributed by atoms with E-state index in [0.717, 1.165) is 12.0 Å². The highest BCUT2D eigenvalue weighted by Crippen LogP contribution is 2.62. The molecule has 3 N–H and O–H groups in total. The number of nitrogens with two attached hydrogens (primary N) is 1. The van der Waals surface area contributed by atoms with Crippen molar-refractivity contribution in [3.63, 3.8) is 0 Å². The molecule has 1 fully saturated rings. The molecule has 112 valence electrons. The van der Waals surface area contributed by atoms with Crippen LogP contribution in [0.1, 0.15) is 30.9 Å². The molecule has 0 amide bonds. The SMILES string of the molecule is CCc1ccc([C@H]2[C@H](S(=O)(=O)CC)[C@@]2(CN)CO)cc1. The standard InChI is InChI=1S/C15H23NO3S/c1-3-11-5-7-12(8-6-11)13-14(20(18,19)4-2)15(13,9-16)10-17/h5-8,13-14,17H,3-4,9-10,16H2,1-2H3/t13-,14-,15-/m0/s1. The highest BCUT2D eigenvalue weighted by molar-refractivity contribution is 7.92. The van der Waals surface area contributed by atoms with Crippen molar-refractivity contribution in [2.75, 3.05) is 18.9 Å². The Labute approximate surface area is 120 Å². The molecule has 4 nitrogen and oxygen atoms in total. The summed E-state index contributed by atoms with van der Waals surface area (Å²) < 4.78 is 24.5. The lowest BCUT2D eigenvalue weighted by atomic mass is 9.99. The lowest BCUT2D eigenvalue weighted by Crippen LogP contribution is -2.28. The van der Waals surface area contributed by atoms with Crippen molar-refractivity contribution in [1.82, 2.24) is 0 Å². The number of aliphatic hydroxyl groups is 1. The van der Waals surface area contributed by atoms with Gasteiger partial charge in [-0.1, -0.05) is 38.1 Å². The first-order valence-electron chi connectivity index (χ1n) is 7.08. The van der Waals surface area contributed by atoms with E-state index >= 15 is 0 Å². The van der Waals surface area contributed by atoms with Crippen LogP contribution in [0.5, 0.6) is 0 Å². The van der Waals surface area contributed by atoms with Crippen LogP contribution in [0.15, 0.2) is 24.3 Å². The zero-order valence-electron chi connectivity index (χ0n) is 12.0. The van der Waals surface area contributed by atoms with Gasteiger partial charge in [0.2, 0.25) is 0 Å². The van der Waals surface area contributed by atoms with Crippen LogP contribution in [0.25, 0.3) is 0 Å². The van der Waals surface area contributed by atoms with E-state index < -0.39 is 20.5 Å². The summed E-state index contributed by atoms with van der Waals surface area (Å²) in [6.07, 6.45) is 0.948. The molecular weight excluding hydrogens is 274 g/mol. The van der Waals surface area contributed by atoms with E-state index in [4.69, 9.17) is 5.73 Å². The molecule has 1 aromatic carbocycles. The van der Waals surface area contributed by atoms with Gasteiger partial charge in [-0.25, -0.2) is 8.42 Å². The molecule has 2 rings (SSSR count). The molecule has 0 aliphatic heterocycles. The van der Waals surface area contributed by atoms with Gasteiger partial charge in [-0.15, -0.1) is 0 Å². The summed E-state index contributed by atoms with van der Waals surface area (Å²) >= 11 is 0. The van der Waals surface area contributed by atoms with Gasteiger partial charge in [-0.3, -0.25) is 0 Å². The molecule has 1 aliphatic rings. The van der Waals surface area contributed by atoms with Gasteiger partial charge in [0, 0.05) is 23.6 Å². The van der Waals surface area contributed by atoms with Gasteiger partial charge >= 0.3 is 0 Å². The van der Waals surface area contributed by atoms with Gasteiger partial charge in [0.1, 0.15) is 0 Å². The van der Waals surface area contributed by atoms with Crippen LogP contribution in [-0.4, -0.2) is 37.7 Å². The molecule has 3 atom stereocenters. The van der Waals surface area contributed by atoms with Gasteiger partial charge < -0.3 is 10.8 Å². The van der Waals surface area contributed by atoms with Crippen LogP contribution in [-0.2, 0) is 16.3 Å². The van der Waals surface area contributed by atoms with Crippen molar-refractivity contribution in [3.8, 4) is 0 Å². The van der Waals surface area contributed by atoms with E-state index in [1.807, 2.05) is 24.3 Å². The van der Waals surface area contributed by atoms with Crippen LogP contribution in [0, 0.1) is 5.41 Å². The van der Waals surface area contributed by atoms with Crippen molar-refractivity contribution < 1.29 is 13.5 Å². The zero-order chi connectivity index (χ0) is 15.0. The molecule has 0 unspecified atom stereocenters. The average Bonchev–Trinajstić information content (AvgIpc) is 3.18. The first kappa shape index (κ1) is 15.5. The zero-order valence-corrected chi connectivity index (χ0v) is 12.9. The Morgan fingerprint density at radius 3 is 2.25 bits per heavy atom. The monoisotopic (exact) mass is 297 g/mol. The minimum absolute atomic E-state index is 0.0863. The smallest absolute Gasteiger partial charge is 0.154 e. The summed E-state index contributed by atoms with van der Waals surface area (Å²) in [5, 5.41) is 9.12. The lowest BCUT2D eigenvalue weighted by molar-refractivity contribution is 0.212. The summed E-state index contributed by atoms with van der Waals surface area (Å²) in [4.78, 5) is 0. The van der Waals surface area contributed by atoms with Crippen molar-refractivity contribution in [3.05, 3.63) is 35.4 Å². The summed E-state index contributed by atoms with van der Waals surface area (Å²) in [6, 6.07) is 7.97. The summed E-state index contributed by atoms with van der Waals surface area (Å²) in [5.41, 5.74) is 7.25. The van der Waals surface area contributed by atoms with E-state index in [0.29, 0.717) is 0 Å². The number of sulfone groups is 1. The third kappa shape index (κ3) is 2.28. The highest BCUT2D eigenvalue weighted by Gasteiger charge is 2.69. The molecule has 0 spiro atoms. The van der Waals surface area contributed by atoms with Crippen LogP contribution in [0.2, 0.25) is 0 Å². The fourth-order valence-electron chi connectivity index (χ4n) is 3.16. The number of aryl methyl sites for hydroxylation is 1. The Balaban J connectivity index is 2.38. The van der Waals surface area contributed by atoms with Crippen LogP contribution < -0.4 is 5.73 Å². The minimum atomic E-state index is -3.21. The minimum Gasteiger partial charge on any atom is -0.396 e. The van der Waals surface area contributed by atoms with Crippen molar-refractivity contribution in [1.29, 1.82) is 0 Å². The van der Waals surface area contributed by atoms with Gasteiger partial charge in [-0.2, -0.15) is 0 Å². The van der Waals surface area contributed by atoms with Crippen LogP contribution >= 0.6 is 0 Å². The third-order valence-corrected chi connectivity index (χ3v) is 6.91. The summed E-state index contributed by atoms with van der Waals surface area (Å²) in [7, 11) is -3.21. The number of rotatable bonds is 6. The molecule has 0 aromatic heterocycles. The summed E-state index contributed by atoms with van der Waals surface area (Å²) in [5.74, 6) is -0.100. The van der Waals surface area contributed by atoms with Crippen molar-refractivity contribution in [2.45, 2.75) is 31.4 Å². The Morgan fingerprint density at radius 2 is 1.85 bits per heavy atom. The second kappa shape index (κ2) is 5.47. The van der Waals surface area contributed by atoms with Gasteiger partial charge in [-0.05, 0) is 17.5 Å². The lowest BCUT2D eigenvalue weighted by Gasteiger charge is -2.11. The Bertz CT molecular complexity index is 561. The Hall–Kier alpha value is -0.910. The van der Waals surface area contributed by atoms with E-state index in [9.17, 15) is 13.5 Å². The Morgan fingerprint density at radius 1 is 1.25 bits per heavy atom. The molecular formula is C15H23NO3S. The molecule has 0 bridgehead atoms. The topological polar surface area (TPSA) is 80.4 Å². The normalized spacial score (nSPS) is 29.4. The molecule has 20 heavy (non-hydrogen) atoms. The molecule has 5 heteroatoms. The second-order valence-corrected chi connectivity index (χ2v) is 7.95. The predicted octanol–water partition coefficient (Wildman–Crippen LogP) is 1.09. The second-order valence-electron chi connectivity index (χ2n) is 5.54. The van der Waals surface area contributed by atoms with Gasteiger partial charge in [0.15, 0.2) is 9.84 Å². The largest absolute Gasteiger partial charge is 0.396 e. The van der Waals surface area contributed by atoms with Crippen LogP contribution in [0.3, 0.4) is 0 Å². The molecule has 0 saturated heterocycles. The first-order valence-corrected chi connectivity index (χ1v) is 8.79. The van der Waals surface area contributed by atoms with Gasteiger partial charge in [0.25, 0.3) is 0 Å². The molecule has 1 saturated carbocycles. The van der Waals surface area contributed by atoms with E-state index in [1.165, 1.54) is 5.56 Å². The van der Waals surface area contributed by atoms with E-state index in [-0.39, 0.29) is 24.8 Å². The fraction of sp³-hybridized carbons (Fsp3) is 0.600. The van der Waals surface area contributed by atoms with Crippen molar-refractivity contribution >= 4 is 9.84 Å². The molecule has 1 aromatic rings. The number of hydrogen-bond donors (Lipinski definition) is 2. The maximum atomic E-state index is 12.2. The number of aliphatic hydroxyl groups excluding tert-OH is 1. The Kier molecular flexibility index (Phi) is 4.23. The maximum absolute atomic E-state index is 12.2. The first-order chi connectivity index (χ1) is 9.46. The summed E-state index contributed by atoms with van der Waals surface area (Å²) in [6.45, 7) is 3.72. The van der Waals surface area contributed by atoms with Gasteiger partial charge in [0.05, 0.1) is 11.9 Å². The van der Waals surface area contributed by atoms with E-state index in [2.05, 4.69) is 6.92 Å². The van der Waals surface area contributed by atoms with E-state index in [1.54, 1.807) is 6.92 Å². The average molecular weight is 297 g/mol. The number of benzene rings is 1. The predicted molar refractivity (Wildman–Crippen MR) is 80.4 cm³/mol. The molecule has 0 heterocycles. The number of hydrogen-bond acceptors (Lipinski definition) is 4. The highest BCUT2D eigenvalue weighted by atomic mass is 32.2. The third-order valence-electron chi connectivity index (χ3n) is 4.59. The maximum Gasteiger partial charge on any atom is 0.154 e. The van der Waals surface area contributed by atoms with Crippen molar-refractivity contribution in [2.24, 2.45) is 11.1 Å².